The van der Waals surface area contributed by atoms with Gasteiger partial charge in [0.15, 0.2) is 5.82 Å². The molecular formula is C10H18N4O. The van der Waals surface area contributed by atoms with Crippen LogP contribution in [0, 0.1) is 0 Å². The van der Waals surface area contributed by atoms with Gasteiger partial charge in [0, 0.05) is 12.5 Å². The summed E-state index contributed by atoms with van der Waals surface area (Å²) in [6, 6.07) is 0. The Kier molecular flexibility index (Phi) is 3.33. The average molecular weight is 210 g/mol. The van der Waals surface area contributed by atoms with Crippen molar-refractivity contribution in [3.8, 4) is 0 Å². The number of nitrogens with zero attached hydrogens (tertiary/aromatic N) is 3. The van der Waals surface area contributed by atoms with Crippen molar-refractivity contribution in [2.75, 3.05) is 19.6 Å². The molecule has 5 nitrogen and oxygen atoms in total. The fourth-order valence-corrected chi connectivity index (χ4v) is 2.07. The molecule has 0 amide bonds. The van der Waals surface area contributed by atoms with E-state index in [9.17, 15) is 0 Å². The van der Waals surface area contributed by atoms with Gasteiger partial charge in [0.25, 0.3) is 0 Å². The first-order chi connectivity index (χ1) is 7.33. The molecule has 0 saturated carbocycles. The summed E-state index contributed by atoms with van der Waals surface area (Å²) in [5, 5.41) is 3.99. The van der Waals surface area contributed by atoms with Crippen LogP contribution in [-0.2, 0) is 6.54 Å². The van der Waals surface area contributed by atoms with Crippen molar-refractivity contribution < 1.29 is 4.52 Å². The fourth-order valence-electron chi connectivity index (χ4n) is 2.07. The van der Waals surface area contributed by atoms with E-state index in [1.165, 1.54) is 13.0 Å². The Bertz CT molecular complexity index is 312. The molecule has 1 unspecified atom stereocenters. The van der Waals surface area contributed by atoms with Crippen LogP contribution in [0.1, 0.15) is 37.4 Å². The van der Waals surface area contributed by atoms with Crippen LogP contribution in [0.25, 0.3) is 0 Å². The Balaban J connectivity index is 2.03. The van der Waals surface area contributed by atoms with Gasteiger partial charge in [-0.05, 0) is 25.9 Å². The predicted octanol–water partition coefficient (Wildman–Crippen LogP) is 0.728. The number of hydrogen-bond donors (Lipinski definition) is 1. The lowest BCUT2D eigenvalue weighted by atomic mass is 9.97. The molecule has 1 aliphatic heterocycles. The molecule has 84 valence electrons. The van der Waals surface area contributed by atoms with Gasteiger partial charge in [-0.3, -0.25) is 0 Å². The third-order valence-electron chi connectivity index (χ3n) is 2.98. The number of likely N-dealkylation sites (tertiary alicyclic amines) is 1. The number of nitrogens with two attached hydrogens (primary N) is 1. The Hall–Kier alpha value is -0.940. The van der Waals surface area contributed by atoms with Gasteiger partial charge in [0.2, 0.25) is 5.89 Å². The first-order valence-corrected chi connectivity index (χ1v) is 5.58. The molecule has 0 radical (unpaired) electrons. The standard InChI is InChI=1S/C10H18N4O/c1-2-14-5-3-4-8(7-14)10-12-9(6-11)15-13-10/h8H,2-7,11H2,1H3. The molecule has 0 bridgehead atoms. The summed E-state index contributed by atoms with van der Waals surface area (Å²) in [6.45, 7) is 5.84. The zero-order valence-corrected chi connectivity index (χ0v) is 9.15. The van der Waals surface area contributed by atoms with Crippen molar-refractivity contribution in [2.45, 2.75) is 32.2 Å². The Morgan fingerprint density at radius 1 is 1.60 bits per heavy atom. The molecule has 1 aliphatic rings. The number of piperidine rings is 1. The van der Waals surface area contributed by atoms with Crippen LogP contribution < -0.4 is 5.73 Å². The van der Waals surface area contributed by atoms with Crippen molar-refractivity contribution >= 4 is 0 Å². The highest BCUT2D eigenvalue weighted by atomic mass is 16.5. The minimum absolute atomic E-state index is 0.331. The Morgan fingerprint density at radius 2 is 2.47 bits per heavy atom. The quantitative estimate of drug-likeness (QED) is 0.796. The molecule has 1 saturated heterocycles. The first-order valence-electron chi connectivity index (χ1n) is 5.58. The summed E-state index contributed by atoms with van der Waals surface area (Å²) in [5.74, 6) is 1.79. The SMILES string of the molecule is CCN1CCCC(c2noc(CN)n2)C1. The molecule has 1 aromatic rings. The second-order valence-corrected chi connectivity index (χ2v) is 3.98. The van der Waals surface area contributed by atoms with Gasteiger partial charge < -0.3 is 15.2 Å². The smallest absolute Gasteiger partial charge is 0.240 e. The summed E-state index contributed by atoms with van der Waals surface area (Å²) >= 11 is 0. The first kappa shape index (κ1) is 10.6. The molecule has 15 heavy (non-hydrogen) atoms. The number of rotatable bonds is 3. The van der Waals surface area contributed by atoms with Crippen molar-refractivity contribution in [1.82, 2.24) is 15.0 Å². The van der Waals surface area contributed by atoms with Gasteiger partial charge in [-0.2, -0.15) is 4.98 Å². The van der Waals surface area contributed by atoms with E-state index in [1.54, 1.807) is 0 Å². The van der Waals surface area contributed by atoms with Gasteiger partial charge in [0.1, 0.15) is 0 Å². The highest BCUT2D eigenvalue weighted by Crippen LogP contribution is 2.24. The van der Waals surface area contributed by atoms with E-state index >= 15 is 0 Å². The molecule has 1 fully saturated rings. The van der Waals surface area contributed by atoms with Crippen LogP contribution in [-0.4, -0.2) is 34.7 Å². The van der Waals surface area contributed by atoms with Crippen molar-refractivity contribution in [1.29, 1.82) is 0 Å². The topological polar surface area (TPSA) is 68.2 Å². The summed E-state index contributed by atoms with van der Waals surface area (Å²) in [6.07, 6.45) is 2.37. The molecule has 0 spiro atoms. The number of aromatic nitrogens is 2. The average Bonchev–Trinajstić information content (AvgIpc) is 2.78. The van der Waals surface area contributed by atoms with E-state index in [0.29, 0.717) is 18.4 Å². The van der Waals surface area contributed by atoms with Crippen LogP contribution in [0.3, 0.4) is 0 Å². The lowest BCUT2D eigenvalue weighted by molar-refractivity contribution is 0.211. The zero-order chi connectivity index (χ0) is 10.7. The van der Waals surface area contributed by atoms with E-state index < -0.39 is 0 Å². The number of likely N-dealkylation sites (N-methyl/N-ethyl adjacent to an activating group) is 1. The van der Waals surface area contributed by atoms with Gasteiger partial charge in [0.05, 0.1) is 6.54 Å². The zero-order valence-electron chi connectivity index (χ0n) is 9.15. The van der Waals surface area contributed by atoms with E-state index in [1.807, 2.05) is 0 Å². The predicted molar refractivity (Wildman–Crippen MR) is 56.3 cm³/mol. The maximum atomic E-state index is 5.44. The highest BCUT2D eigenvalue weighted by molar-refractivity contribution is 4.98. The Morgan fingerprint density at radius 3 is 3.13 bits per heavy atom. The van der Waals surface area contributed by atoms with Crippen LogP contribution >= 0.6 is 0 Å². The van der Waals surface area contributed by atoms with Gasteiger partial charge in [-0.25, -0.2) is 0 Å². The number of hydrogen-bond acceptors (Lipinski definition) is 5. The van der Waals surface area contributed by atoms with E-state index in [4.69, 9.17) is 10.3 Å². The third-order valence-corrected chi connectivity index (χ3v) is 2.98. The minimum Gasteiger partial charge on any atom is -0.338 e. The van der Waals surface area contributed by atoms with Gasteiger partial charge in [-0.1, -0.05) is 12.1 Å². The summed E-state index contributed by atoms with van der Waals surface area (Å²) < 4.78 is 5.03. The van der Waals surface area contributed by atoms with E-state index in [2.05, 4.69) is 22.0 Å². The second kappa shape index (κ2) is 4.72. The molecule has 2 rings (SSSR count). The normalized spacial score (nSPS) is 23.2. The van der Waals surface area contributed by atoms with E-state index in [-0.39, 0.29) is 0 Å². The largest absolute Gasteiger partial charge is 0.338 e. The molecule has 2 N–H and O–H groups in total. The van der Waals surface area contributed by atoms with Crippen LogP contribution in [0.2, 0.25) is 0 Å². The minimum atomic E-state index is 0.331. The maximum Gasteiger partial charge on any atom is 0.240 e. The second-order valence-electron chi connectivity index (χ2n) is 3.98. The monoisotopic (exact) mass is 210 g/mol. The molecule has 2 heterocycles. The van der Waals surface area contributed by atoms with Crippen molar-refractivity contribution in [3.05, 3.63) is 11.7 Å². The molecule has 1 atom stereocenters. The van der Waals surface area contributed by atoms with Crippen molar-refractivity contribution in [2.24, 2.45) is 5.73 Å². The summed E-state index contributed by atoms with van der Waals surface area (Å²) in [5.41, 5.74) is 5.44. The highest BCUT2D eigenvalue weighted by Gasteiger charge is 2.24. The molecule has 5 heteroatoms. The van der Waals surface area contributed by atoms with Crippen LogP contribution in [0.5, 0.6) is 0 Å². The summed E-state index contributed by atoms with van der Waals surface area (Å²) in [7, 11) is 0. The van der Waals surface area contributed by atoms with Gasteiger partial charge >= 0.3 is 0 Å². The maximum absolute atomic E-state index is 5.44. The molecule has 0 aromatic carbocycles. The molecular weight excluding hydrogens is 192 g/mol. The molecule has 1 aromatic heterocycles. The Labute approximate surface area is 89.6 Å². The van der Waals surface area contributed by atoms with E-state index in [0.717, 1.165) is 25.3 Å². The van der Waals surface area contributed by atoms with Crippen LogP contribution in [0.4, 0.5) is 0 Å². The molecule has 0 aliphatic carbocycles. The van der Waals surface area contributed by atoms with Crippen LogP contribution in [0.15, 0.2) is 4.52 Å². The van der Waals surface area contributed by atoms with Crippen molar-refractivity contribution in [3.63, 3.8) is 0 Å². The lowest BCUT2D eigenvalue weighted by Crippen LogP contribution is -2.34. The lowest BCUT2D eigenvalue weighted by Gasteiger charge is -2.29. The third kappa shape index (κ3) is 2.35. The summed E-state index contributed by atoms with van der Waals surface area (Å²) in [4.78, 5) is 6.71. The fraction of sp³-hybridized carbons (Fsp3) is 0.800. The van der Waals surface area contributed by atoms with Gasteiger partial charge in [-0.15, -0.1) is 0 Å².